The van der Waals surface area contributed by atoms with Crippen LogP contribution in [0.2, 0.25) is 0 Å². The molecule has 1 amide bonds. The number of allylic oxidation sites excluding steroid dienone is 1. The molecule has 0 bridgehead atoms. The van der Waals surface area contributed by atoms with Crippen LogP contribution in [0.4, 0.5) is 8.78 Å². The van der Waals surface area contributed by atoms with Crippen molar-refractivity contribution in [3.8, 4) is 0 Å². The molecule has 0 fully saturated rings. The minimum absolute atomic E-state index is 0.0289. The second-order valence-corrected chi connectivity index (χ2v) is 4.87. The van der Waals surface area contributed by atoms with E-state index in [0.29, 0.717) is 11.3 Å². The Labute approximate surface area is 131 Å². The lowest BCUT2D eigenvalue weighted by molar-refractivity contribution is -0.114. The van der Waals surface area contributed by atoms with Crippen molar-refractivity contribution in [3.63, 3.8) is 0 Å². The SMILES string of the molecule is CC1=CC(C(=O)NCc2ccc(F)c(F)c2)=N/C(=C/C(=N)N)N1. The van der Waals surface area contributed by atoms with Crippen molar-refractivity contribution < 1.29 is 13.6 Å². The van der Waals surface area contributed by atoms with Crippen LogP contribution in [0.5, 0.6) is 0 Å². The van der Waals surface area contributed by atoms with Crippen molar-refractivity contribution in [2.75, 3.05) is 0 Å². The average molecular weight is 319 g/mol. The van der Waals surface area contributed by atoms with E-state index in [1.807, 2.05) is 0 Å². The molecule has 0 atom stereocenters. The lowest BCUT2D eigenvalue weighted by Crippen LogP contribution is -2.33. The Morgan fingerprint density at radius 3 is 2.83 bits per heavy atom. The van der Waals surface area contributed by atoms with Crippen molar-refractivity contribution in [1.82, 2.24) is 10.6 Å². The normalized spacial score (nSPS) is 15.5. The maximum atomic E-state index is 13.1. The summed E-state index contributed by atoms with van der Waals surface area (Å²) >= 11 is 0. The number of amides is 1. The molecule has 0 aromatic heterocycles. The van der Waals surface area contributed by atoms with Gasteiger partial charge < -0.3 is 16.4 Å². The lowest BCUT2D eigenvalue weighted by atomic mass is 10.2. The minimum Gasteiger partial charge on any atom is -0.384 e. The number of hydrogen-bond donors (Lipinski definition) is 4. The van der Waals surface area contributed by atoms with E-state index in [1.54, 1.807) is 6.92 Å². The number of carbonyl (C=O) groups excluding carboxylic acids is 1. The number of rotatable bonds is 4. The van der Waals surface area contributed by atoms with Gasteiger partial charge in [0.1, 0.15) is 17.4 Å². The summed E-state index contributed by atoms with van der Waals surface area (Å²) in [5.74, 6) is -2.33. The van der Waals surface area contributed by atoms with Gasteiger partial charge in [-0.15, -0.1) is 0 Å². The molecule has 1 heterocycles. The molecule has 1 aliphatic rings. The molecule has 8 heteroatoms. The van der Waals surface area contributed by atoms with E-state index >= 15 is 0 Å². The first kappa shape index (κ1) is 16.3. The highest BCUT2D eigenvalue weighted by Crippen LogP contribution is 2.09. The molecular weight excluding hydrogens is 304 g/mol. The Balaban J connectivity index is 2.08. The maximum Gasteiger partial charge on any atom is 0.270 e. The highest BCUT2D eigenvalue weighted by Gasteiger charge is 2.15. The van der Waals surface area contributed by atoms with E-state index in [-0.39, 0.29) is 23.9 Å². The van der Waals surface area contributed by atoms with Crippen LogP contribution < -0.4 is 16.4 Å². The quantitative estimate of drug-likeness (QED) is 0.497. The van der Waals surface area contributed by atoms with Gasteiger partial charge in [-0.05, 0) is 30.7 Å². The van der Waals surface area contributed by atoms with E-state index in [0.717, 1.165) is 12.1 Å². The summed E-state index contributed by atoms with van der Waals surface area (Å²) in [6.45, 7) is 1.76. The Morgan fingerprint density at radius 2 is 2.17 bits per heavy atom. The summed E-state index contributed by atoms with van der Waals surface area (Å²) in [4.78, 5) is 16.1. The average Bonchev–Trinajstić information content (AvgIpc) is 2.46. The Hall–Kier alpha value is -3.03. The molecule has 6 nitrogen and oxygen atoms in total. The second kappa shape index (κ2) is 6.82. The molecule has 5 N–H and O–H groups in total. The number of carbonyl (C=O) groups is 1. The minimum atomic E-state index is -0.974. The number of hydrogen-bond acceptors (Lipinski definition) is 4. The van der Waals surface area contributed by atoms with Gasteiger partial charge in [-0.1, -0.05) is 6.07 Å². The molecule has 1 aromatic carbocycles. The van der Waals surface area contributed by atoms with E-state index in [1.165, 1.54) is 18.2 Å². The van der Waals surface area contributed by atoms with Crippen molar-refractivity contribution in [1.29, 1.82) is 5.41 Å². The fourth-order valence-electron chi connectivity index (χ4n) is 1.89. The third kappa shape index (κ3) is 4.47. The largest absolute Gasteiger partial charge is 0.384 e. The predicted molar refractivity (Wildman–Crippen MR) is 82.5 cm³/mol. The predicted octanol–water partition coefficient (Wildman–Crippen LogP) is 1.31. The summed E-state index contributed by atoms with van der Waals surface area (Å²) in [6, 6.07) is 3.39. The van der Waals surface area contributed by atoms with Crippen LogP contribution in [-0.4, -0.2) is 17.5 Å². The number of nitrogens with two attached hydrogens (primary N) is 1. The molecule has 0 unspecified atom stereocenters. The highest BCUT2D eigenvalue weighted by atomic mass is 19.2. The first-order valence-electron chi connectivity index (χ1n) is 6.67. The summed E-state index contributed by atoms with van der Waals surface area (Å²) in [7, 11) is 0. The number of halogens is 2. The lowest BCUT2D eigenvalue weighted by Gasteiger charge is -2.15. The molecule has 2 rings (SSSR count). The molecular formula is C15H15F2N5O. The van der Waals surface area contributed by atoms with Gasteiger partial charge in [0, 0.05) is 18.3 Å². The third-order valence-electron chi connectivity index (χ3n) is 2.88. The summed E-state index contributed by atoms with van der Waals surface area (Å²) in [6.07, 6.45) is 2.80. The van der Waals surface area contributed by atoms with Gasteiger partial charge in [0.25, 0.3) is 5.91 Å². The standard InChI is InChI=1S/C15H15F2N5O/c1-8-4-12(22-14(21-8)6-13(18)19)15(23)20-7-9-2-3-10(16)11(17)5-9/h2-6,21H,7H2,1H3,(H3,18,19)(H,20,23)/b14-6+. The van der Waals surface area contributed by atoms with E-state index in [4.69, 9.17) is 11.1 Å². The van der Waals surface area contributed by atoms with Gasteiger partial charge in [-0.2, -0.15) is 0 Å². The molecule has 0 saturated heterocycles. The zero-order valence-corrected chi connectivity index (χ0v) is 12.3. The van der Waals surface area contributed by atoms with Gasteiger partial charge in [0.15, 0.2) is 11.6 Å². The topological polar surface area (TPSA) is 103 Å². The number of benzene rings is 1. The van der Waals surface area contributed by atoms with Crippen molar-refractivity contribution >= 4 is 17.5 Å². The maximum absolute atomic E-state index is 13.1. The smallest absolute Gasteiger partial charge is 0.270 e. The zero-order chi connectivity index (χ0) is 17.0. The molecule has 1 aliphatic heterocycles. The number of aliphatic imine (C=N–C) groups is 1. The Bertz CT molecular complexity index is 752. The van der Waals surface area contributed by atoms with Crippen LogP contribution in [0.25, 0.3) is 0 Å². The van der Waals surface area contributed by atoms with Crippen LogP contribution in [0.15, 0.2) is 46.9 Å². The van der Waals surface area contributed by atoms with Crippen LogP contribution >= 0.6 is 0 Å². The molecule has 0 radical (unpaired) electrons. The van der Waals surface area contributed by atoms with Gasteiger partial charge in [-0.3, -0.25) is 10.2 Å². The molecule has 23 heavy (non-hydrogen) atoms. The fourth-order valence-corrected chi connectivity index (χ4v) is 1.89. The molecule has 1 aromatic rings. The zero-order valence-electron chi connectivity index (χ0n) is 12.3. The van der Waals surface area contributed by atoms with E-state index in [2.05, 4.69) is 15.6 Å². The van der Waals surface area contributed by atoms with E-state index in [9.17, 15) is 13.6 Å². The van der Waals surface area contributed by atoms with Crippen LogP contribution in [0.1, 0.15) is 12.5 Å². The fraction of sp³-hybridized carbons (Fsp3) is 0.133. The first-order valence-corrected chi connectivity index (χ1v) is 6.67. The Morgan fingerprint density at radius 1 is 1.43 bits per heavy atom. The van der Waals surface area contributed by atoms with Crippen molar-refractivity contribution in [2.24, 2.45) is 10.7 Å². The number of nitrogens with one attached hydrogen (secondary N) is 3. The molecule has 120 valence electrons. The third-order valence-corrected chi connectivity index (χ3v) is 2.88. The van der Waals surface area contributed by atoms with Gasteiger partial charge in [-0.25, -0.2) is 13.8 Å². The summed E-state index contributed by atoms with van der Waals surface area (Å²) < 4.78 is 26.0. The molecule has 0 aliphatic carbocycles. The monoisotopic (exact) mass is 319 g/mol. The van der Waals surface area contributed by atoms with Crippen LogP contribution in [-0.2, 0) is 11.3 Å². The molecule has 0 spiro atoms. The number of amidine groups is 1. The Kier molecular flexibility index (Phi) is 4.85. The van der Waals surface area contributed by atoms with Gasteiger partial charge in [0.05, 0.1) is 0 Å². The second-order valence-electron chi connectivity index (χ2n) is 4.87. The van der Waals surface area contributed by atoms with Gasteiger partial charge >= 0.3 is 0 Å². The highest BCUT2D eigenvalue weighted by molar-refractivity contribution is 6.43. The first-order chi connectivity index (χ1) is 10.8. The van der Waals surface area contributed by atoms with Crippen molar-refractivity contribution in [2.45, 2.75) is 13.5 Å². The van der Waals surface area contributed by atoms with Crippen LogP contribution in [0, 0.1) is 17.0 Å². The van der Waals surface area contributed by atoms with Gasteiger partial charge in [0.2, 0.25) is 0 Å². The van der Waals surface area contributed by atoms with E-state index < -0.39 is 17.5 Å². The van der Waals surface area contributed by atoms with Crippen molar-refractivity contribution in [3.05, 3.63) is 59.1 Å². The molecule has 0 saturated carbocycles. The summed E-state index contributed by atoms with van der Waals surface area (Å²) in [5.41, 5.74) is 6.47. The summed E-state index contributed by atoms with van der Waals surface area (Å²) in [5, 5.41) is 12.6. The van der Waals surface area contributed by atoms with Crippen LogP contribution in [0.3, 0.4) is 0 Å². The number of nitrogens with zero attached hydrogens (tertiary/aromatic N) is 1.